The van der Waals surface area contributed by atoms with Gasteiger partial charge in [0.2, 0.25) is 0 Å². The molecule has 7 nitrogen and oxygen atoms in total. The standard InChI is InChI=1S/C33H58N2O2.C3H7NO2/c1-22(2)9-8-10-23(3)27-14-15-28-26-13-12-24-21-25(37-31(36)30(35)11-6-7-20-34)16-18-32(24,4)29(26)17-19-33(27,28)5;1-2(4)3(5)6/h12,22-23,25-30H,6-11,13-21,34-35H2,1-5H3;2H,4H2,1H3,(H,5,6)/t23-,25+,26+,27-,28+,29+,30+,32+,33-;2-/m10/s1. The molecule has 7 heteroatoms. The van der Waals surface area contributed by atoms with Gasteiger partial charge in [-0.15, -0.1) is 0 Å². The number of aliphatic carboxylic acids is 1. The van der Waals surface area contributed by atoms with Crippen molar-refractivity contribution in [2.24, 2.45) is 63.5 Å². The lowest BCUT2D eigenvalue weighted by molar-refractivity contribution is -0.153. The summed E-state index contributed by atoms with van der Waals surface area (Å²) in [5, 5.41) is 7.87. The van der Waals surface area contributed by atoms with Crippen molar-refractivity contribution in [1.29, 1.82) is 0 Å². The number of esters is 1. The molecule has 43 heavy (non-hydrogen) atoms. The molecule has 0 heterocycles. The van der Waals surface area contributed by atoms with Crippen LogP contribution >= 0.6 is 0 Å². The maximum Gasteiger partial charge on any atom is 0.323 e. The zero-order valence-corrected chi connectivity index (χ0v) is 28.3. The van der Waals surface area contributed by atoms with Gasteiger partial charge in [-0.05, 0) is 118 Å². The highest BCUT2D eigenvalue weighted by Gasteiger charge is 2.59. The molecule has 4 aliphatic carbocycles. The highest BCUT2D eigenvalue weighted by atomic mass is 16.5. The number of nitrogens with two attached hydrogens (primary N) is 3. The number of allylic oxidation sites excluding steroid dienone is 1. The Labute approximate surface area is 262 Å². The zero-order chi connectivity index (χ0) is 31.9. The lowest BCUT2D eigenvalue weighted by Crippen LogP contribution is -2.51. The third-order valence-corrected chi connectivity index (χ3v) is 12.2. The van der Waals surface area contributed by atoms with Crippen LogP contribution in [0.1, 0.15) is 131 Å². The first kappa shape index (κ1) is 36.0. The van der Waals surface area contributed by atoms with Crippen LogP contribution in [0.3, 0.4) is 0 Å². The molecule has 0 aromatic heterocycles. The van der Waals surface area contributed by atoms with E-state index in [-0.39, 0.29) is 17.5 Å². The van der Waals surface area contributed by atoms with E-state index < -0.39 is 18.1 Å². The van der Waals surface area contributed by atoms with E-state index >= 15 is 0 Å². The van der Waals surface area contributed by atoms with Crippen molar-refractivity contribution < 1.29 is 19.4 Å². The van der Waals surface area contributed by atoms with Crippen molar-refractivity contribution in [3.63, 3.8) is 0 Å². The largest absolute Gasteiger partial charge is 0.480 e. The van der Waals surface area contributed by atoms with Crippen LogP contribution < -0.4 is 17.2 Å². The SMILES string of the molecule is CC(C)CCC[C@@H](C)[C@H]1CC[C@H]2[C@@H]3CC=C4C[C@@H](OC(=O)[C@@H](N)CCCCN)CC[C@]4(C)[C@H]3CC[C@]12C.C[C@H](N)C(=O)O. The van der Waals surface area contributed by atoms with Gasteiger partial charge in [0.1, 0.15) is 18.2 Å². The van der Waals surface area contributed by atoms with Gasteiger partial charge in [-0.2, -0.15) is 0 Å². The van der Waals surface area contributed by atoms with Gasteiger partial charge in [0.05, 0.1) is 0 Å². The number of carbonyl (C=O) groups excluding carboxylic acids is 1. The fourth-order valence-electron chi connectivity index (χ4n) is 9.63. The maximum atomic E-state index is 12.6. The second kappa shape index (κ2) is 15.7. The molecule has 0 aromatic rings. The Bertz CT molecular complexity index is 951. The number of fused-ring (bicyclic) bond motifs is 5. The van der Waals surface area contributed by atoms with E-state index in [1.165, 1.54) is 58.3 Å². The molecule has 0 aliphatic heterocycles. The van der Waals surface area contributed by atoms with E-state index in [0.717, 1.165) is 67.6 Å². The molecule has 0 unspecified atom stereocenters. The minimum absolute atomic E-state index is 0.000314. The first-order valence-corrected chi connectivity index (χ1v) is 17.6. The topological polar surface area (TPSA) is 142 Å². The maximum absolute atomic E-state index is 12.6. The third kappa shape index (κ3) is 8.64. The molecule has 3 fully saturated rings. The van der Waals surface area contributed by atoms with Crippen LogP contribution in [-0.4, -0.2) is 41.8 Å². The number of hydrogen-bond acceptors (Lipinski definition) is 6. The van der Waals surface area contributed by atoms with E-state index in [1.54, 1.807) is 5.57 Å². The van der Waals surface area contributed by atoms with Gasteiger partial charge in [0.15, 0.2) is 0 Å². The normalized spacial score (nSPS) is 35.3. The van der Waals surface area contributed by atoms with Gasteiger partial charge in [-0.25, -0.2) is 0 Å². The second-order valence-corrected chi connectivity index (χ2v) is 15.6. The summed E-state index contributed by atoms with van der Waals surface area (Å²) in [6, 6.07) is -1.24. The van der Waals surface area contributed by atoms with Crippen LogP contribution in [0.4, 0.5) is 0 Å². The van der Waals surface area contributed by atoms with Gasteiger partial charge in [0.25, 0.3) is 0 Å². The van der Waals surface area contributed by atoms with Crippen molar-refractivity contribution >= 4 is 11.9 Å². The summed E-state index contributed by atoms with van der Waals surface area (Å²) in [6.45, 7) is 14.6. The van der Waals surface area contributed by atoms with Crippen LogP contribution in [0.2, 0.25) is 0 Å². The fourth-order valence-corrected chi connectivity index (χ4v) is 9.63. The number of rotatable bonds is 12. The van der Waals surface area contributed by atoms with Gasteiger partial charge in [-0.1, -0.05) is 72.0 Å². The molecule has 4 aliphatic rings. The van der Waals surface area contributed by atoms with Crippen LogP contribution in [0.5, 0.6) is 0 Å². The van der Waals surface area contributed by atoms with Crippen molar-refractivity contribution in [2.75, 3.05) is 6.54 Å². The Morgan fingerprint density at radius 1 is 0.953 bits per heavy atom. The summed E-state index contributed by atoms with van der Waals surface area (Å²) in [4.78, 5) is 22.2. The summed E-state index contributed by atoms with van der Waals surface area (Å²) in [5.74, 6) is 3.96. The van der Waals surface area contributed by atoms with Gasteiger partial charge in [0, 0.05) is 6.42 Å². The van der Waals surface area contributed by atoms with Gasteiger partial charge in [-0.3, -0.25) is 9.59 Å². The van der Waals surface area contributed by atoms with Crippen LogP contribution in [-0.2, 0) is 14.3 Å². The Morgan fingerprint density at radius 2 is 1.65 bits per heavy atom. The molecule has 0 saturated heterocycles. The minimum atomic E-state index is -0.963. The molecular formula is C36H65N3O4. The number of carbonyl (C=O) groups is 2. The number of carboxylic acid groups (broad SMARTS) is 1. The van der Waals surface area contributed by atoms with Gasteiger partial charge >= 0.3 is 11.9 Å². The quantitative estimate of drug-likeness (QED) is 0.109. The van der Waals surface area contributed by atoms with Crippen LogP contribution in [0.15, 0.2) is 11.6 Å². The lowest BCUT2D eigenvalue weighted by atomic mass is 9.47. The van der Waals surface area contributed by atoms with E-state index in [2.05, 4.69) is 40.7 Å². The Balaban J connectivity index is 0.000000765. The fraction of sp³-hybridized carbons (Fsp3) is 0.889. The molecule has 7 N–H and O–H groups in total. The molecule has 0 radical (unpaired) electrons. The molecule has 248 valence electrons. The highest BCUT2D eigenvalue weighted by molar-refractivity contribution is 5.75. The molecule has 0 amide bonds. The first-order valence-electron chi connectivity index (χ1n) is 17.6. The Morgan fingerprint density at radius 3 is 2.28 bits per heavy atom. The molecule has 10 atom stereocenters. The predicted octanol–water partition coefficient (Wildman–Crippen LogP) is 6.81. The van der Waals surface area contributed by atoms with E-state index in [1.807, 2.05) is 0 Å². The van der Waals surface area contributed by atoms with E-state index in [0.29, 0.717) is 18.4 Å². The lowest BCUT2D eigenvalue weighted by Gasteiger charge is -2.58. The second-order valence-electron chi connectivity index (χ2n) is 15.6. The monoisotopic (exact) mass is 603 g/mol. The van der Waals surface area contributed by atoms with Crippen LogP contribution in [0.25, 0.3) is 0 Å². The smallest absolute Gasteiger partial charge is 0.323 e. The third-order valence-electron chi connectivity index (χ3n) is 12.2. The summed E-state index contributed by atoms with van der Waals surface area (Å²) in [5.41, 5.74) is 18.9. The Kier molecular flexibility index (Phi) is 13.2. The van der Waals surface area contributed by atoms with E-state index in [4.69, 9.17) is 27.0 Å². The summed E-state index contributed by atoms with van der Waals surface area (Å²) < 4.78 is 5.95. The molecule has 0 bridgehead atoms. The Hall–Kier alpha value is -1.44. The summed E-state index contributed by atoms with van der Waals surface area (Å²) in [6.07, 6.45) is 19.2. The minimum Gasteiger partial charge on any atom is -0.480 e. The number of hydrogen-bond donors (Lipinski definition) is 4. The highest BCUT2D eigenvalue weighted by Crippen LogP contribution is 2.67. The molecule has 3 saturated carbocycles. The molecular weight excluding hydrogens is 538 g/mol. The number of unbranched alkanes of at least 4 members (excludes halogenated alkanes) is 1. The zero-order valence-electron chi connectivity index (χ0n) is 28.3. The average molecular weight is 604 g/mol. The molecule has 0 spiro atoms. The predicted molar refractivity (Wildman–Crippen MR) is 175 cm³/mol. The van der Waals surface area contributed by atoms with Crippen LogP contribution in [0, 0.1) is 46.3 Å². The van der Waals surface area contributed by atoms with Crippen molar-refractivity contribution in [2.45, 2.75) is 150 Å². The van der Waals surface area contributed by atoms with Crippen molar-refractivity contribution in [3.05, 3.63) is 11.6 Å². The van der Waals surface area contributed by atoms with Crippen molar-refractivity contribution in [1.82, 2.24) is 0 Å². The number of carboxylic acids is 1. The number of ether oxygens (including phenoxy) is 1. The summed E-state index contributed by atoms with van der Waals surface area (Å²) in [7, 11) is 0. The van der Waals surface area contributed by atoms with E-state index in [9.17, 15) is 9.59 Å². The van der Waals surface area contributed by atoms with Gasteiger partial charge < -0.3 is 27.0 Å². The first-order chi connectivity index (χ1) is 20.2. The molecule has 0 aromatic carbocycles. The van der Waals surface area contributed by atoms with Crippen molar-refractivity contribution in [3.8, 4) is 0 Å². The molecule has 4 rings (SSSR count). The average Bonchev–Trinajstić information content (AvgIpc) is 3.30. The summed E-state index contributed by atoms with van der Waals surface area (Å²) >= 11 is 0.